The normalized spacial score (nSPS) is 14.1. The molecule has 2 rings (SSSR count). The molecule has 0 amide bonds. The summed E-state index contributed by atoms with van der Waals surface area (Å²) in [5, 5.41) is 0. The van der Waals surface area contributed by atoms with Gasteiger partial charge in [0.2, 0.25) is 0 Å². The number of nitrogens with two attached hydrogens (primary N) is 1. The zero-order valence-electron chi connectivity index (χ0n) is 13.1. The topological polar surface area (TPSA) is 29.3 Å². The highest BCUT2D eigenvalue weighted by molar-refractivity contribution is 5.22. The van der Waals surface area contributed by atoms with Crippen molar-refractivity contribution in [1.82, 2.24) is 4.90 Å². The van der Waals surface area contributed by atoms with E-state index in [1.54, 1.807) is 0 Å². The van der Waals surface area contributed by atoms with Gasteiger partial charge in [0.15, 0.2) is 0 Å². The van der Waals surface area contributed by atoms with Gasteiger partial charge in [-0.05, 0) is 37.9 Å². The third-order valence-electron chi connectivity index (χ3n) is 4.18. The van der Waals surface area contributed by atoms with Crippen molar-refractivity contribution in [2.75, 3.05) is 13.1 Å². The van der Waals surface area contributed by atoms with Crippen molar-refractivity contribution in [3.05, 3.63) is 71.8 Å². The lowest BCUT2D eigenvalue weighted by molar-refractivity contribution is 0.153. The molecule has 0 aliphatic carbocycles. The maximum Gasteiger partial charge on any atom is 0.0325 e. The van der Waals surface area contributed by atoms with Gasteiger partial charge in [-0.3, -0.25) is 4.90 Å². The molecule has 2 nitrogen and oxygen atoms in total. The largest absolute Gasteiger partial charge is 0.330 e. The van der Waals surface area contributed by atoms with E-state index in [1.807, 2.05) is 0 Å². The van der Waals surface area contributed by atoms with Crippen molar-refractivity contribution >= 4 is 0 Å². The van der Waals surface area contributed by atoms with E-state index in [0.717, 1.165) is 19.5 Å². The minimum absolute atomic E-state index is 0.382. The molecule has 2 heteroatoms. The van der Waals surface area contributed by atoms with E-state index in [4.69, 9.17) is 5.73 Å². The average Bonchev–Trinajstić information content (AvgIpc) is 2.56. The number of benzene rings is 2. The molecule has 0 fully saturated rings. The van der Waals surface area contributed by atoms with Crippen LogP contribution < -0.4 is 5.73 Å². The standard InChI is InChI=1S/C19H26N2/c1-16(18-10-5-3-6-11-18)21(15-9-14-20)17(2)19-12-7-4-8-13-19/h3-8,10-13,16-17H,9,14-15,20H2,1-2H3. The van der Waals surface area contributed by atoms with Gasteiger partial charge in [-0.1, -0.05) is 60.7 Å². The van der Waals surface area contributed by atoms with Gasteiger partial charge in [0, 0.05) is 18.6 Å². The molecule has 0 saturated heterocycles. The Morgan fingerprint density at radius 1 is 0.810 bits per heavy atom. The molecule has 0 bridgehead atoms. The molecular weight excluding hydrogens is 256 g/mol. The molecule has 0 saturated carbocycles. The van der Waals surface area contributed by atoms with E-state index in [9.17, 15) is 0 Å². The van der Waals surface area contributed by atoms with Crippen LogP contribution in [0.3, 0.4) is 0 Å². The monoisotopic (exact) mass is 282 g/mol. The molecule has 2 N–H and O–H groups in total. The van der Waals surface area contributed by atoms with Crippen LogP contribution in [0.2, 0.25) is 0 Å². The van der Waals surface area contributed by atoms with Gasteiger partial charge in [-0.15, -0.1) is 0 Å². The molecule has 0 spiro atoms. The Kier molecular flexibility index (Phi) is 5.97. The van der Waals surface area contributed by atoms with E-state index in [1.165, 1.54) is 11.1 Å². The van der Waals surface area contributed by atoms with E-state index >= 15 is 0 Å². The first kappa shape index (κ1) is 15.7. The molecule has 0 aromatic heterocycles. The van der Waals surface area contributed by atoms with Gasteiger partial charge < -0.3 is 5.73 Å². The fourth-order valence-corrected chi connectivity index (χ4v) is 2.84. The summed E-state index contributed by atoms with van der Waals surface area (Å²) in [6.07, 6.45) is 1.02. The third-order valence-corrected chi connectivity index (χ3v) is 4.18. The van der Waals surface area contributed by atoms with Crippen molar-refractivity contribution in [1.29, 1.82) is 0 Å². The van der Waals surface area contributed by atoms with Gasteiger partial charge in [0.1, 0.15) is 0 Å². The van der Waals surface area contributed by atoms with Crippen molar-refractivity contribution < 1.29 is 0 Å². The summed E-state index contributed by atoms with van der Waals surface area (Å²) < 4.78 is 0. The molecule has 2 unspecified atom stereocenters. The van der Waals surface area contributed by atoms with Gasteiger partial charge >= 0.3 is 0 Å². The first-order valence-electron chi connectivity index (χ1n) is 7.79. The second-order valence-corrected chi connectivity index (χ2v) is 5.55. The number of rotatable bonds is 7. The second-order valence-electron chi connectivity index (χ2n) is 5.55. The molecular formula is C19H26N2. The lowest BCUT2D eigenvalue weighted by Gasteiger charge is -2.35. The fourth-order valence-electron chi connectivity index (χ4n) is 2.84. The highest BCUT2D eigenvalue weighted by Crippen LogP contribution is 2.30. The number of hydrogen-bond acceptors (Lipinski definition) is 2. The molecule has 112 valence electrons. The second kappa shape index (κ2) is 7.96. The average molecular weight is 282 g/mol. The Morgan fingerprint density at radius 2 is 1.24 bits per heavy atom. The summed E-state index contributed by atoms with van der Waals surface area (Å²) in [6, 6.07) is 22.2. The predicted molar refractivity (Wildman–Crippen MR) is 90.1 cm³/mol. The van der Waals surface area contributed by atoms with Crippen molar-refractivity contribution in [2.45, 2.75) is 32.4 Å². The van der Waals surface area contributed by atoms with Gasteiger partial charge in [-0.2, -0.15) is 0 Å². The van der Waals surface area contributed by atoms with Crippen LogP contribution in [-0.2, 0) is 0 Å². The summed E-state index contributed by atoms with van der Waals surface area (Å²) >= 11 is 0. The summed E-state index contributed by atoms with van der Waals surface area (Å²) in [5.41, 5.74) is 8.45. The summed E-state index contributed by atoms with van der Waals surface area (Å²) in [5.74, 6) is 0. The molecule has 21 heavy (non-hydrogen) atoms. The Labute approximate surface area is 128 Å². The smallest absolute Gasteiger partial charge is 0.0325 e. The van der Waals surface area contributed by atoms with Crippen LogP contribution in [0.15, 0.2) is 60.7 Å². The van der Waals surface area contributed by atoms with E-state index < -0.39 is 0 Å². The van der Waals surface area contributed by atoms with Crippen LogP contribution in [0.5, 0.6) is 0 Å². The molecule has 0 aliphatic heterocycles. The summed E-state index contributed by atoms with van der Waals surface area (Å²) in [6.45, 7) is 6.32. The van der Waals surface area contributed by atoms with Crippen molar-refractivity contribution in [3.8, 4) is 0 Å². The quantitative estimate of drug-likeness (QED) is 0.826. The SMILES string of the molecule is CC(c1ccccc1)N(CCCN)C(C)c1ccccc1. The first-order chi connectivity index (χ1) is 10.2. The van der Waals surface area contributed by atoms with E-state index in [2.05, 4.69) is 79.4 Å². The van der Waals surface area contributed by atoms with E-state index in [0.29, 0.717) is 12.1 Å². The first-order valence-corrected chi connectivity index (χ1v) is 7.79. The summed E-state index contributed by atoms with van der Waals surface area (Å²) in [7, 11) is 0. The minimum Gasteiger partial charge on any atom is -0.330 e. The lowest BCUT2D eigenvalue weighted by Crippen LogP contribution is -2.32. The zero-order chi connectivity index (χ0) is 15.1. The Bertz CT molecular complexity index is 464. The van der Waals surface area contributed by atoms with Crippen LogP contribution in [0.4, 0.5) is 0 Å². The molecule has 0 aliphatic rings. The molecule has 0 heterocycles. The Balaban J connectivity index is 2.21. The van der Waals surface area contributed by atoms with Crippen LogP contribution in [-0.4, -0.2) is 18.0 Å². The third kappa shape index (κ3) is 4.16. The highest BCUT2D eigenvalue weighted by atomic mass is 15.2. The predicted octanol–water partition coefficient (Wildman–Crippen LogP) is 4.16. The van der Waals surface area contributed by atoms with Gasteiger partial charge in [0.25, 0.3) is 0 Å². The molecule has 2 atom stereocenters. The number of nitrogens with zero attached hydrogens (tertiary/aromatic N) is 1. The van der Waals surface area contributed by atoms with Crippen molar-refractivity contribution in [3.63, 3.8) is 0 Å². The fraction of sp³-hybridized carbons (Fsp3) is 0.368. The van der Waals surface area contributed by atoms with Gasteiger partial charge in [-0.25, -0.2) is 0 Å². The summed E-state index contributed by atoms with van der Waals surface area (Å²) in [4.78, 5) is 2.54. The maximum absolute atomic E-state index is 5.73. The van der Waals surface area contributed by atoms with Crippen LogP contribution in [0.25, 0.3) is 0 Å². The molecule has 2 aromatic rings. The molecule has 0 radical (unpaired) electrons. The molecule has 2 aromatic carbocycles. The zero-order valence-corrected chi connectivity index (χ0v) is 13.1. The highest BCUT2D eigenvalue weighted by Gasteiger charge is 2.21. The Hall–Kier alpha value is -1.64. The lowest BCUT2D eigenvalue weighted by atomic mass is 10.0. The van der Waals surface area contributed by atoms with Crippen LogP contribution in [0.1, 0.15) is 43.5 Å². The minimum atomic E-state index is 0.382. The van der Waals surface area contributed by atoms with Crippen LogP contribution >= 0.6 is 0 Å². The Morgan fingerprint density at radius 3 is 1.62 bits per heavy atom. The maximum atomic E-state index is 5.73. The van der Waals surface area contributed by atoms with Crippen LogP contribution in [0, 0.1) is 0 Å². The van der Waals surface area contributed by atoms with E-state index in [-0.39, 0.29) is 0 Å². The number of hydrogen-bond donors (Lipinski definition) is 1. The van der Waals surface area contributed by atoms with Crippen molar-refractivity contribution in [2.24, 2.45) is 5.73 Å². The van der Waals surface area contributed by atoms with Gasteiger partial charge in [0.05, 0.1) is 0 Å².